The Morgan fingerprint density at radius 3 is 2.91 bits per heavy atom. The normalized spacial score (nSPS) is 27.3. The monoisotopic (exact) mass is 307 g/mol. The molecule has 3 rings (SSSR count). The van der Waals surface area contributed by atoms with Crippen LogP contribution in [0.2, 0.25) is 0 Å². The molecule has 0 aliphatic carbocycles. The summed E-state index contributed by atoms with van der Waals surface area (Å²) in [5.74, 6) is 0.162. The summed E-state index contributed by atoms with van der Waals surface area (Å²) in [6.07, 6.45) is 0.713. The van der Waals surface area contributed by atoms with Gasteiger partial charge < -0.3 is 24.2 Å². The first-order valence-corrected chi connectivity index (χ1v) is 7.43. The van der Waals surface area contributed by atoms with Crippen LogP contribution >= 0.6 is 0 Å². The molecule has 3 atom stereocenters. The third-order valence-corrected chi connectivity index (χ3v) is 4.63. The predicted octanol–water partition coefficient (Wildman–Crippen LogP) is 1.55. The minimum atomic E-state index is -0.756. The fourth-order valence-electron chi connectivity index (χ4n) is 3.53. The van der Waals surface area contributed by atoms with Crippen LogP contribution in [-0.2, 0) is 9.53 Å². The lowest BCUT2D eigenvalue weighted by atomic mass is 9.84. The van der Waals surface area contributed by atoms with Crippen LogP contribution < -0.4 is 9.47 Å². The highest BCUT2D eigenvalue weighted by Crippen LogP contribution is 2.42. The Labute approximate surface area is 129 Å². The molecule has 2 aliphatic heterocycles. The number of aliphatic carboxylic acids is 1. The molecular formula is C16H21NO5. The number of ether oxygens (including phenoxy) is 3. The molecule has 3 unspecified atom stereocenters. The quantitative estimate of drug-likeness (QED) is 0.890. The van der Waals surface area contributed by atoms with E-state index in [4.69, 9.17) is 14.2 Å². The van der Waals surface area contributed by atoms with Crippen molar-refractivity contribution in [2.24, 2.45) is 5.92 Å². The van der Waals surface area contributed by atoms with Gasteiger partial charge in [-0.15, -0.1) is 0 Å². The average Bonchev–Trinajstić information content (AvgIpc) is 3.08. The van der Waals surface area contributed by atoms with E-state index in [9.17, 15) is 9.90 Å². The molecule has 1 aromatic rings. The van der Waals surface area contributed by atoms with Gasteiger partial charge in [0.2, 0.25) is 6.79 Å². The van der Waals surface area contributed by atoms with E-state index in [2.05, 4.69) is 4.90 Å². The van der Waals surface area contributed by atoms with Crippen molar-refractivity contribution in [3.05, 3.63) is 23.8 Å². The second-order valence-corrected chi connectivity index (χ2v) is 5.87. The van der Waals surface area contributed by atoms with Crippen LogP contribution in [0.15, 0.2) is 18.2 Å². The van der Waals surface area contributed by atoms with Crippen molar-refractivity contribution >= 4 is 5.97 Å². The van der Waals surface area contributed by atoms with E-state index in [0.717, 1.165) is 11.3 Å². The summed E-state index contributed by atoms with van der Waals surface area (Å²) in [6, 6.07) is 5.70. The Morgan fingerprint density at radius 1 is 1.41 bits per heavy atom. The molecule has 0 saturated carbocycles. The number of carbonyl (C=O) groups is 1. The maximum atomic E-state index is 11.8. The van der Waals surface area contributed by atoms with Crippen molar-refractivity contribution in [1.82, 2.24) is 4.90 Å². The number of methoxy groups -OCH3 is 1. The average molecular weight is 307 g/mol. The molecule has 120 valence electrons. The van der Waals surface area contributed by atoms with E-state index >= 15 is 0 Å². The Kier molecular flexibility index (Phi) is 4.22. The largest absolute Gasteiger partial charge is 0.481 e. The Hall–Kier alpha value is -1.79. The van der Waals surface area contributed by atoms with Crippen molar-refractivity contribution in [2.45, 2.75) is 18.4 Å². The van der Waals surface area contributed by atoms with E-state index in [1.807, 2.05) is 25.2 Å². The first-order chi connectivity index (χ1) is 10.6. The SMILES string of the molecule is COCCC1C(C(=O)O)C(c2ccc3c(c2)OCO3)CN1C. The first-order valence-electron chi connectivity index (χ1n) is 7.43. The molecule has 1 N–H and O–H groups in total. The molecule has 1 fully saturated rings. The Morgan fingerprint density at radius 2 is 2.18 bits per heavy atom. The molecule has 0 spiro atoms. The van der Waals surface area contributed by atoms with Crippen LogP contribution in [0.1, 0.15) is 17.9 Å². The maximum Gasteiger partial charge on any atom is 0.308 e. The molecule has 0 amide bonds. The molecule has 6 nitrogen and oxygen atoms in total. The van der Waals surface area contributed by atoms with Gasteiger partial charge in [-0.05, 0) is 31.2 Å². The second-order valence-electron chi connectivity index (χ2n) is 5.87. The molecule has 6 heteroatoms. The van der Waals surface area contributed by atoms with E-state index in [0.29, 0.717) is 25.3 Å². The molecule has 0 radical (unpaired) electrons. The van der Waals surface area contributed by atoms with Crippen LogP contribution in [0.4, 0.5) is 0 Å². The van der Waals surface area contributed by atoms with E-state index < -0.39 is 11.9 Å². The smallest absolute Gasteiger partial charge is 0.308 e. The summed E-state index contributed by atoms with van der Waals surface area (Å²) in [4.78, 5) is 13.9. The van der Waals surface area contributed by atoms with Gasteiger partial charge in [-0.1, -0.05) is 6.07 Å². The second kappa shape index (κ2) is 6.14. The molecule has 1 saturated heterocycles. The standard InChI is InChI=1S/C16H21NO5/c1-17-8-11(15(16(18)19)12(17)5-6-20-2)10-3-4-13-14(7-10)22-9-21-13/h3-4,7,11-12,15H,5-6,8-9H2,1-2H3,(H,18,19). The third-order valence-electron chi connectivity index (χ3n) is 4.63. The number of rotatable bonds is 5. The van der Waals surface area contributed by atoms with Crippen molar-refractivity contribution < 1.29 is 24.1 Å². The van der Waals surface area contributed by atoms with E-state index in [-0.39, 0.29) is 18.8 Å². The van der Waals surface area contributed by atoms with Crippen molar-refractivity contribution in [1.29, 1.82) is 0 Å². The zero-order valence-electron chi connectivity index (χ0n) is 12.8. The number of hydrogen-bond donors (Lipinski definition) is 1. The molecule has 1 aromatic carbocycles. The van der Waals surface area contributed by atoms with E-state index in [1.165, 1.54) is 0 Å². The number of benzene rings is 1. The number of carboxylic acid groups (broad SMARTS) is 1. The minimum absolute atomic E-state index is 0.0205. The number of fused-ring (bicyclic) bond motifs is 1. The minimum Gasteiger partial charge on any atom is -0.481 e. The van der Waals surface area contributed by atoms with Gasteiger partial charge in [-0.25, -0.2) is 0 Å². The zero-order chi connectivity index (χ0) is 15.7. The van der Waals surface area contributed by atoms with Gasteiger partial charge in [0.1, 0.15) is 0 Å². The highest BCUT2D eigenvalue weighted by molar-refractivity contribution is 5.73. The van der Waals surface area contributed by atoms with Gasteiger partial charge in [-0.3, -0.25) is 4.79 Å². The molecule has 0 bridgehead atoms. The number of nitrogens with zero attached hydrogens (tertiary/aromatic N) is 1. The molecule has 0 aromatic heterocycles. The van der Waals surface area contributed by atoms with Crippen LogP contribution in [0.3, 0.4) is 0 Å². The highest BCUT2D eigenvalue weighted by Gasteiger charge is 2.45. The summed E-state index contributed by atoms with van der Waals surface area (Å²) in [5, 5.41) is 9.70. The Balaban J connectivity index is 1.87. The summed E-state index contributed by atoms with van der Waals surface area (Å²) in [5.41, 5.74) is 0.989. The molecular weight excluding hydrogens is 286 g/mol. The fourth-order valence-corrected chi connectivity index (χ4v) is 3.53. The van der Waals surface area contributed by atoms with Gasteiger partial charge in [0.25, 0.3) is 0 Å². The number of likely N-dealkylation sites (N-methyl/N-ethyl adjacent to an activating group) is 1. The topological polar surface area (TPSA) is 68.2 Å². The highest BCUT2D eigenvalue weighted by atomic mass is 16.7. The van der Waals surface area contributed by atoms with Crippen LogP contribution in [0.25, 0.3) is 0 Å². The van der Waals surface area contributed by atoms with Crippen molar-refractivity contribution in [3.63, 3.8) is 0 Å². The third kappa shape index (κ3) is 2.64. The van der Waals surface area contributed by atoms with Gasteiger partial charge in [0.15, 0.2) is 11.5 Å². The summed E-state index contributed by atoms with van der Waals surface area (Å²) in [6.45, 7) is 1.50. The zero-order valence-corrected chi connectivity index (χ0v) is 12.8. The van der Waals surface area contributed by atoms with Crippen molar-refractivity contribution in [3.8, 4) is 11.5 Å². The first kappa shape index (κ1) is 15.1. The van der Waals surface area contributed by atoms with Gasteiger partial charge in [0, 0.05) is 32.2 Å². The van der Waals surface area contributed by atoms with Gasteiger partial charge in [0.05, 0.1) is 5.92 Å². The summed E-state index contributed by atoms with van der Waals surface area (Å²) >= 11 is 0. The maximum absolute atomic E-state index is 11.8. The van der Waals surface area contributed by atoms with Gasteiger partial charge in [-0.2, -0.15) is 0 Å². The summed E-state index contributed by atoms with van der Waals surface area (Å²) in [7, 11) is 3.61. The van der Waals surface area contributed by atoms with Crippen LogP contribution in [0, 0.1) is 5.92 Å². The van der Waals surface area contributed by atoms with Gasteiger partial charge >= 0.3 is 5.97 Å². The number of likely N-dealkylation sites (tertiary alicyclic amines) is 1. The molecule has 22 heavy (non-hydrogen) atoms. The Bertz CT molecular complexity index is 561. The summed E-state index contributed by atoms with van der Waals surface area (Å²) < 4.78 is 15.9. The lowest BCUT2D eigenvalue weighted by Crippen LogP contribution is -2.34. The molecule has 2 heterocycles. The number of carboxylic acids is 1. The lowest BCUT2D eigenvalue weighted by Gasteiger charge is -2.23. The van der Waals surface area contributed by atoms with E-state index in [1.54, 1.807) is 7.11 Å². The molecule has 2 aliphatic rings. The fraction of sp³-hybridized carbons (Fsp3) is 0.562. The number of hydrogen-bond acceptors (Lipinski definition) is 5. The van der Waals surface area contributed by atoms with Crippen molar-refractivity contribution in [2.75, 3.05) is 34.1 Å². The lowest BCUT2D eigenvalue weighted by molar-refractivity contribution is -0.143. The van der Waals surface area contributed by atoms with Crippen LogP contribution in [-0.4, -0.2) is 56.1 Å². The van der Waals surface area contributed by atoms with Crippen LogP contribution in [0.5, 0.6) is 11.5 Å². The predicted molar refractivity (Wildman–Crippen MR) is 79.3 cm³/mol.